The molecule has 0 amide bonds. The smallest absolute Gasteiger partial charge is 0.330 e. The average molecular weight is 284 g/mol. The molecular formula is C12H16N2O6. The molecule has 1 aromatic rings. The number of hydrogen-bond acceptors (Lipinski definition) is 6. The van der Waals surface area contributed by atoms with Crippen LogP contribution in [0.25, 0.3) is 0 Å². The summed E-state index contributed by atoms with van der Waals surface area (Å²) in [4.78, 5) is 24.8. The summed E-state index contributed by atoms with van der Waals surface area (Å²) < 4.78 is 11.8. The number of aliphatic hydroxyl groups is 2. The van der Waals surface area contributed by atoms with Crippen molar-refractivity contribution in [2.75, 3.05) is 13.2 Å². The Bertz CT molecular complexity index is 580. The second-order valence-corrected chi connectivity index (χ2v) is 4.34. The van der Waals surface area contributed by atoms with E-state index in [2.05, 4.69) is 11.6 Å². The zero-order valence-corrected chi connectivity index (χ0v) is 10.6. The van der Waals surface area contributed by atoms with Crippen molar-refractivity contribution in [2.45, 2.75) is 24.5 Å². The molecule has 0 spiro atoms. The monoisotopic (exact) mass is 284 g/mol. The van der Waals surface area contributed by atoms with Gasteiger partial charge in [0.15, 0.2) is 6.23 Å². The fourth-order valence-electron chi connectivity index (χ4n) is 2.11. The Morgan fingerprint density at radius 2 is 2.30 bits per heavy atom. The zero-order chi connectivity index (χ0) is 14.7. The van der Waals surface area contributed by atoms with E-state index in [9.17, 15) is 19.8 Å². The summed E-state index contributed by atoms with van der Waals surface area (Å²) in [6.45, 7) is 3.30. The highest BCUT2D eigenvalue weighted by Gasteiger charge is 2.45. The summed E-state index contributed by atoms with van der Waals surface area (Å²) in [6, 6.07) is 1.14. The SMILES string of the molecule is C=CCO[C@@H]1[C@H](O)[C@H](n2ccc(=O)[nH]c2=O)O[C@@H]1CO. The van der Waals surface area contributed by atoms with Gasteiger partial charge in [0, 0.05) is 12.3 Å². The fraction of sp³-hybridized carbons (Fsp3) is 0.500. The Hall–Kier alpha value is -1.74. The summed E-state index contributed by atoms with van der Waals surface area (Å²) >= 11 is 0. The van der Waals surface area contributed by atoms with Gasteiger partial charge in [0.05, 0.1) is 13.2 Å². The standard InChI is InChI=1S/C12H16N2O6/c1-2-5-19-10-7(6-15)20-11(9(10)17)14-4-3-8(16)13-12(14)18/h2-4,7,9-11,15,17H,1,5-6H2,(H,13,16,18)/t7-,9+,10+,11-/m1/s1. The van der Waals surface area contributed by atoms with Gasteiger partial charge in [-0.1, -0.05) is 6.08 Å². The first-order valence-corrected chi connectivity index (χ1v) is 6.07. The number of aromatic amines is 1. The van der Waals surface area contributed by atoms with E-state index in [4.69, 9.17) is 9.47 Å². The van der Waals surface area contributed by atoms with Crippen LogP contribution < -0.4 is 11.2 Å². The highest BCUT2D eigenvalue weighted by atomic mass is 16.6. The number of H-pyrrole nitrogens is 1. The van der Waals surface area contributed by atoms with Gasteiger partial charge in [0.25, 0.3) is 5.56 Å². The van der Waals surface area contributed by atoms with Gasteiger partial charge >= 0.3 is 5.69 Å². The van der Waals surface area contributed by atoms with Gasteiger partial charge in [-0.25, -0.2) is 4.79 Å². The molecule has 0 unspecified atom stereocenters. The molecule has 0 aliphatic carbocycles. The maximum absolute atomic E-state index is 11.7. The van der Waals surface area contributed by atoms with Gasteiger partial charge in [0.2, 0.25) is 0 Å². The molecule has 0 saturated carbocycles. The van der Waals surface area contributed by atoms with E-state index in [1.165, 1.54) is 12.3 Å². The van der Waals surface area contributed by atoms with E-state index in [0.717, 1.165) is 10.6 Å². The van der Waals surface area contributed by atoms with Gasteiger partial charge in [-0.3, -0.25) is 14.3 Å². The predicted octanol–water partition coefficient (Wildman–Crippen LogP) is -1.64. The summed E-state index contributed by atoms with van der Waals surface area (Å²) in [5.41, 5.74) is -1.25. The highest BCUT2D eigenvalue weighted by molar-refractivity contribution is 4.94. The summed E-state index contributed by atoms with van der Waals surface area (Å²) in [7, 11) is 0. The molecule has 4 atom stereocenters. The number of aromatic nitrogens is 2. The summed E-state index contributed by atoms with van der Waals surface area (Å²) in [5.74, 6) is 0. The molecular weight excluding hydrogens is 268 g/mol. The van der Waals surface area contributed by atoms with Crippen LogP contribution in [0.3, 0.4) is 0 Å². The molecule has 0 radical (unpaired) electrons. The third-order valence-corrected chi connectivity index (χ3v) is 3.02. The molecule has 0 bridgehead atoms. The Labute approximate surface area is 113 Å². The fourth-order valence-corrected chi connectivity index (χ4v) is 2.11. The van der Waals surface area contributed by atoms with E-state index in [1.807, 2.05) is 0 Å². The number of nitrogens with zero attached hydrogens (tertiary/aromatic N) is 1. The van der Waals surface area contributed by atoms with Crippen molar-refractivity contribution < 1.29 is 19.7 Å². The quantitative estimate of drug-likeness (QED) is 0.559. The molecule has 110 valence electrons. The molecule has 1 aromatic heterocycles. The lowest BCUT2D eigenvalue weighted by molar-refractivity contribution is -0.0591. The third-order valence-electron chi connectivity index (χ3n) is 3.02. The maximum atomic E-state index is 11.7. The van der Waals surface area contributed by atoms with Crippen LogP contribution in [0.2, 0.25) is 0 Å². The first-order chi connectivity index (χ1) is 9.58. The molecule has 0 aromatic carbocycles. The molecule has 2 heterocycles. The maximum Gasteiger partial charge on any atom is 0.330 e. The normalized spacial score (nSPS) is 29.5. The van der Waals surface area contributed by atoms with Crippen LogP contribution in [0.15, 0.2) is 34.5 Å². The second kappa shape index (κ2) is 6.14. The van der Waals surface area contributed by atoms with Crippen molar-refractivity contribution in [1.82, 2.24) is 9.55 Å². The molecule has 1 fully saturated rings. The van der Waals surface area contributed by atoms with Crippen molar-refractivity contribution in [1.29, 1.82) is 0 Å². The average Bonchev–Trinajstić information content (AvgIpc) is 2.73. The molecule has 2 rings (SSSR count). The molecule has 1 aliphatic rings. The van der Waals surface area contributed by atoms with Gasteiger partial charge < -0.3 is 19.7 Å². The van der Waals surface area contributed by atoms with Gasteiger partial charge in [-0.15, -0.1) is 6.58 Å². The predicted molar refractivity (Wildman–Crippen MR) is 68.3 cm³/mol. The van der Waals surface area contributed by atoms with Gasteiger partial charge in [-0.2, -0.15) is 0 Å². The largest absolute Gasteiger partial charge is 0.394 e. The second-order valence-electron chi connectivity index (χ2n) is 4.34. The minimum absolute atomic E-state index is 0.175. The Morgan fingerprint density at radius 3 is 2.90 bits per heavy atom. The van der Waals surface area contributed by atoms with Crippen LogP contribution in [-0.4, -0.2) is 51.3 Å². The van der Waals surface area contributed by atoms with Crippen LogP contribution in [0, 0.1) is 0 Å². The van der Waals surface area contributed by atoms with Gasteiger partial charge in [-0.05, 0) is 0 Å². The van der Waals surface area contributed by atoms with Crippen molar-refractivity contribution in [2.24, 2.45) is 0 Å². The van der Waals surface area contributed by atoms with Crippen molar-refractivity contribution >= 4 is 0 Å². The minimum atomic E-state index is -1.16. The Morgan fingerprint density at radius 1 is 1.55 bits per heavy atom. The highest BCUT2D eigenvalue weighted by Crippen LogP contribution is 2.30. The minimum Gasteiger partial charge on any atom is -0.394 e. The molecule has 8 heteroatoms. The van der Waals surface area contributed by atoms with E-state index in [0.29, 0.717) is 0 Å². The molecule has 1 aliphatic heterocycles. The van der Waals surface area contributed by atoms with Crippen LogP contribution in [0.4, 0.5) is 0 Å². The Balaban J connectivity index is 2.27. The topological polar surface area (TPSA) is 114 Å². The number of aliphatic hydroxyl groups excluding tert-OH is 2. The van der Waals surface area contributed by atoms with Crippen LogP contribution in [-0.2, 0) is 9.47 Å². The van der Waals surface area contributed by atoms with E-state index in [1.54, 1.807) is 0 Å². The van der Waals surface area contributed by atoms with Crippen LogP contribution in [0.1, 0.15) is 6.23 Å². The number of rotatable bonds is 5. The van der Waals surface area contributed by atoms with E-state index in [-0.39, 0.29) is 13.2 Å². The summed E-state index contributed by atoms with van der Waals surface area (Å²) in [5, 5.41) is 19.4. The van der Waals surface area contributed by atoms with Crippen LogP contribution >= 0.6 is 0 Å². The number of nitrogens with one attached hydrogen (secondary N) is 1. The van der Waals surface area contributed by atoms with E-state index >= 15 is 0 Å². The lowest BCUT2D eigenvalue weighted by Gasteiger charge is -2.19. The van der Waals surface area contributed by atoms with Crippen molar-refractivity contribution in [3.63, 3.8) is 0 Å². The van der Waals surface area contributed by atoms with Crippen LogP contribution in [0.5, 0.6) is 0 Å². The molecule has 1 saturated heterocycles. The van der Waals surface area contributed by atoms with Gasteiger partial charge in [0.1, 0.15) is 18.3 Å². The Kier molecular flexibility index (Phi) is 4.50. The molecule has 8 nitrogen and oxygen atoms in total. The molecule has 20 heavy (non-hydrogen) atoms. The van der Waals surface area contributed by atoms with Crippen molar-refractivity contribution in [3.05, 3.63) is 45.8 Å². The lowest BCUT2D eigenvalue weighted by Crippen LogP contribution is -2.39. The number of ether oxygens (including phenoxy) is 2. The van der Waals surface area contributed by atoms with Crippen molar-refractivity contribution in [3.8, 4) is 0 Å². The lowest BCUT2D eigenvalue weighted by atomic mass is 10.1. The third kappa shape index (κ3) is 2.73. The first-order valence-electron chi connectivity index (χ1n) is 6.07. The first kappa shape index (κ1) is 14.7. The van der Waals surface area contributed by atoms with E-state index < -0.39 is 35.8 Å². The molecule has 3 N–H and O–H groups in total. The number of hydrogen-bond donors (Lipinski definition) is 3. The zero-order valence-electron chi connectivity index (χ0n) is 10.6. The summed E-state index contributed by atoms with van der Waals surface area (Å²) in [6.07, 6.45) is -1.03.